The number of methoxy groups -OCH3 is 1. The zero-order chi connectivity index (χ0) is 18.7. The van der Waals surface area contributed by atoms with Gasteiger partial charge in [-0.2, -0.15) is 0 Å². The highest BCUT2D eigenvalue weighted by molar-refractivity contribution is 5.92. The maximum Gasteiger partial charge on any atom is 0.269 e. The molecule has 2 N–H and O–H groups in total. The molecule has 0 bridgehead atoms. The van der Waals surface area contributed by atoms with E-state index in [4.69, 9.17) is 26.2 Å². The van der Waals surface area contributed by atoms with E-state index >= 15 is 0 Å². The first-order chi connectivity index (χ1) is 12.5. The molecule has 3 rings (SSSR count). The molecule has 0 amide bonds. The second-order valence-corrected chi connectivity index (χ2v) is 5.74. The second kappa shape index (κ2) is 7.15. The van der Waals surface area contributed by atoms with Crippen LogP contribution in [0.15, 0.2) is 41.1 Å². The van der Waals surface area contributed by atoms with Crippen LogP contribution in [0, 0.1) is 6.57 Å². The third-order valence-corrected chi connectivity index (χ3v) is 3.61. The van der Waals surface area contributed by atoms with Gasteiger partial charge in [0.15, 0.2) is 5.76 Å². The van der Waals surface area contributed by atoms with Crippen molar-refractivity contribution < 1.29 is 13.9 Å². The number of nitrogens with zero attached hydrogens (tertiary/aromatic N) is 3. The first-order valence-electron chi connectivity index (χ1n) is 7.97. The summed E-state index contributed by atoms with van der Waals surface area (Å²) >= 11 is 0. The van der Waals surface area contributed by atoms with Crippen molar-refractivity contribution in [2.75, 3.05) is 12.8 Å². The molecule has 0 spiro atoms. The molecule has 0 fully saturated rings. The van der Waals surface area contributed by atoms with Crippen molar-refractivity contribution in [3.8, 4) is 34.2 Å². The quantitative estimate of drug-likeness (QED) is 0.689. The molecule has 0 saturated carbocycles. The van der Waals surface area contributed by atoms with Gasteiger partial charge in [-0.15, -0.1) is 0 Å². The van der Waals surface area contributed by atoms with Crippen LogP contribution in [0.2, 0.25) is 0 Å². The Labute approximate surface area is 151 Å². The van der Waals surface area contributed by atoms with Crippen molar-refractivity contribution in [3.05, 3.63) is 48.1 Å². The summed E-state index contributed by atoms with van der Waals surface area (Å²) in [5.41, 5.74) is 7.99. The van der Waals surface area contributed by atoms with Crippen LogP contribution in [-0.4, -0.2) is 23.2 Å². The van der Waals surface area contributed by atoms with Gasteiger partial charge in [0, 0.05) is 23.4 Å². The van der Waals surface area contributed by atoms with Gasteiger partial charge in [0.25, 0.3) is 5.69 Å². The van der Waals surface area contributed by atoms with E-state index in [9.17, 15) is 0 Å². The van der Waals surface area contributed by atoms with E-state index in [1.54, 1.807) is 37.8 Å². The molecule has 7 heteroatoms. The van der Waals surface area contributed by atoms with Gasteiger partial charge in [-0.25, -0.2) is 14.8 Å². The third kappa shape index (κ3) is 3.17. The van der Waals surface area contributed by atoms with Gasteiger partial charge in [-0.3, -0.25) is 0 Å². The predicted molar refractivity (Wildman–Crippen MR) is 98.2 cm³/mol. The molecule has 132 valence electrons. The number of rotatable bonds is 5. The highest BCUT2D eigenvalue weighted by Crippen LogP contribution is 2.47. The Bertz CT molecular complexity index is 942. The van der Waals surface area contributed by atoms with Crippen molar-refractivity contribution in [1.82, 2.24) is 9.97 Å². The minimum atomic E-state index is -0.160. The Hall–Kier alpha value is -3.53. The molecular formula is C19H18N4O3. The van der Waals surface area contributed by atoms with Crippen LogP contribution in [-0.2, 0) is 0 Å². The lowest BCUT2D eigenvalue weighted by atomic mass is 10.0. The molecule has 0 aromatic carbocycles. The topological polar surface area (TPSA) is 87.8 Å². The third-order valence-electron chi connectivity index (χ3n) is 3.61. The fraction of sp³-hybridized carbons (Fsp3) is 0.211. The van der Waals surface area contributed by atoms with Crippen LogP contribution < -0.4 is 15.2 Å². The average molecular weight is 350 g/mol. The zero-order valence-electron chi connectivity index (χ0n) is 14.7. The molecule has 26 heavy (non-hydrogen) atoms. The van der Waals surface area contributed by atoms with Crippen molar-refractivity contribution in [2.24, 2.45) is 0 Å². The molecule has 3 heterocycles. The highest BCUT2D eigenvalue weighted by Gasteiger charge is 2.24. The number of hydrogen-bond acceptors (Lipinski definition) is 6. The minimum Gasteiger partial charge on any atom is -0.501 e. The second-order valence-electron chi connectivity index (χ2n) is 5.74. The van der Waals surface area contributed by atoms with Gasteiger partial charge in [0.05, 0.1) is 26.0 Å². The van der Waals surface area contributed by atoms with Crippen LogP contribution >= 0.6 is 0 Å². The van der Waals surface area contributed by atoms with Crippen molar-refractivity contribution in [3.63, 3.8) is 0 Å². The van der Waals surface area contributed by atoms with E-state index in [1.165, 1.54) is 0 Å². The molecular weight excluding hydrogens is 332 g/mol. The number of aromatic nitrogens is 2. The largest absolute Gasteiger partial charge is 0.501 e. The van der Waals surface area contributed by atoms with Gasteiger partial charge < -0.3 is 19.6 Å². The first kappa shape index (κ1) is 17.3. The summed E-state index contributed by atoms with van der Waals surface area (Å²) in [4.78, 5) is 12.2. The Balaban J connectivity index is 2.34. The van der Waals surface area contributed by atoms with E-state index < -0.39 is 0 Å². The standard InChI is InChI=1S/C19H18N4O3/c1-11(2)26-18-15(12-7-8-14(24-4)22-10-12)16(13-6-5-9-25-13)23-19(20)17(18)21-3/h5-11H,1-2,4H3,(H2,20,23). The summed E-state index contributed by atoms with van der Waals surface area (Å²) in [6, 6.07) is 7.09. The van der Waals surface area contributed by atoms with Crippen LogP contribution in [0.5, 0.6) is 11.6 Å². The van der Waals surface area contributed by atoms with Crippen LogP contribution in [0.3, 0.4) is 0 Å². The monoisotopic (exact) mass is 350 g/mol. The molecule has 0 aliphatic rings. The van der Waals surface area contributed by atoms with Crippen molar-refractivity contribution in [1.29, 1.82) is 0 Å². The minimum absolute atomic E-state index is 0.0901. The smallest absolute Gasteiger partial charge is 0.269 e. The molecule has 0 radical (unpaired) electrons. The summed E-state index contributed by atoms with van der Waals surface area (Å²) < 4.78 is 16.6. The van der Waals surface area contributed by atoms with Crippen LogP contribution in [0.25, 0.3) is 27.4 Å². The molecule has 3 aromatic heterocycles. The van der Waals surface area contributed by atoms with Gasteiger partial charge in [-0.1, -0.05) is 0 Å². The number of hydrogen-bond donors (Lipinski definition) is 1. The van der Waals surface area contributed by atoms with E-state index in [-0.39, 0.29) is 17.6 Å². The molecule has 0 aliphatic heterocycles. The first-order valence-corrected chi connectivity index (χ1v) is 7.97. The maximum absolute atomic E-state index is 7.50. The molecule has 0 atom stereocenters. The number of nitrogen functional groups attached to an aromatic ring is 1. The van der Waals surface area contributed by atoms with E-state index in [1.807, 2.05) is 19.9 Å². The number of ether oxygens (including phenoxy) is 2. The number of anilines is 1. The van der Waals surface area contributed by atoms with Crippen molar-refractivity contribution in [2.45, 2.75) is 20.0 Å². The molecule has 3 aromatic rings. The Morgan fingerprint density at radius 2 is 2.08 bits per heavy atom. The number of pyridine rings is 2. The average Bonchev–Trinajstić information content (AvgIpc) is 3.16. The number of furan rings is 1. The summed E-state index contributed by atoms with van der Waals surface area (Å²) in [6.45, 7) is 11.3. The Morgan fingerprint density at radius 1 is 1.27 bits per heavy atom. The molecule has 0 aliphatic carbocycles. The molecule has 0 saturated heterocycles. The summed E-state index contributed by atoms with van der Waals surface area (Å²) in [5, 5.41) is 0. The SMILES string of the molecule is [C-]#[N+]c1c(N)nc(-c2ccco2)c(-c2ccc(OC)nc2)c1OC(C)C. The normalized spacial score (nSPS) is 10.6. The summed E-state index contributed by atoms with van der Waals surface area (Å²) in [5.74, 6) is 1.45. The van der Waals surface area contributed by atoms with Crippen LogP contribution in [0.1, 0.15) is 13.8 Å². The summed E-state index contributed by atoms with van der Waals surface area (Å²) in [7, 11) is 1.55. The molecule has 7 nitrogen and oxygen atoms in total. The Morgan fingerprint density at radius 3 is 2.62 bits per heavy atom. The maximum atomic E-state index is 7.50. The lowest BCUT2D eigenvalue weighted by Crippen LogP contribution is -2.09. The zero-order valence-corrected chi connectivity index (χ0v) is 14.7. The van der Waals surface area contributed by atoms with Gasteiger partial charge >= 0.3 is 0 Å². The fourth-order valence-electron chi connectivity index (χ4n) is 2.54. The predicted octanol–water partition coefficient (Wildman–Crippen LogP) is 4.33. The highest BCUT2D eigenvalue weighted by atomic mass is 16.5. The van der Waals surface area contributed by atoms with Crippen molar-refractivity contribution >= 4 is 11.5 Å². The lowest BCUT2D eigenvalue weighted by molar-refractivity contribution is 0.245. The Kier molecular flexibility index (Phi) is 4.76. The lowest BCUT2D eigenvalue weighted by Gasteiger charge is -2.19. The van der Waals surface area contributed by atoms with E-state index in [0.29, 0.717) is 34.2 Å². The van der Waals surface area contributed by atoms with Gasteiger partial charge in [0.1, 0.15) is 17.3 Å². The van der Waals surface area contributed by atoms with Crippen LogP contribution in [0.4, 0.5) is 11.5 Å². The summed E-state index contributed by atoms with van der Waals surface area (Å²) in [6.07, 6.45) is 3.03. The van der Waals surface area contributed by atoms with E-state index in [2.05, 4.69) is 14.8 Å². The fourth-order valence-corrected chi connectivity index (χ4v) is 2.54. The number of nitrogens with two attached hydrogens (primary N) is 1. The van der Waals surface area contributed by atoms with Gasteiger partial charge in [-0.05, 0) is 32.0 Å². The van der Waals surface area contributed by atoms with Gasteiger partial charge in [0.2, 0.25) is 5.88 Å². The van der Waals surface area contributed by atoms with E-state index in [0.717, 1.165) is 0 Å². The molecule has 0 unspecified atom stereocenters.